The van der Waals surface area contributed by atoms with Crippen LogP contribution in [0.25, 0.3) is 22.8 Å². The Kier molecular flexibility index (Phi) is 2.88. The maximum absolute atomic E-state index is 12.9. The monoisotopic (exact) mass is 253 g/mol. The van der Waals surface area contributed by atoms with Crippen molar-refractivity contribution in [2.75, 3.05) is 0 Å². The molecule has 0 unspecified atom stereocenters. The van der Waals surface area contributed by atoms with Gasteiger partial charge in [-0.05, 0) is 43.3 Å². The van der Waals surface area contributed by atoms with E-state index in [9.17, 15) is 4.39 Å². The van der Waals surface area contributed by atoms with Crippen LogP contribution in [0.1, 0.15) is 5.56 Å². The first-order valence-electron chi connectivity index (χ1n) is 6.01. The Hall–Kier alpha value is -2.42. The molecule has 3 heteroatoms. The summed E-state index contributed by atoms with van der Waals surface area (Å²) in [6.45, 7) is 2.03. The molecular weight excluding hydrogens is 241 g/mol. The molecule has 0 bridgehead atoms. The number of rotatable bonds is 2. The van der Waals surface area contributed by atoms with Crippen LogP contribution in [-0.2, 0) is 0 Å². The molecule has 3 rings (SSSR count). The lowest BCUT2D eigenvalue weighted by molar-refractivity contribution is 0.588. The van der Waals surface area contributed by atoms with E-state index >= 15 is 0 Å². The fourth-order valence-electron chi connectivity index (χ4n) is 1.85. The van der Waals surface area contributed by atoms with E-state index < -0.39 is 0 Å². The maximum Gasteiger partial charge on any atom is 0.226 e. The lowest BCUT2D eigenvalue weighted by atomic mass is 10.1. The number of halogens is 1. The van der Waals surface area contributed by atoms with E-state index in [0.29, 0.717) is 11.7 Å². The second-order valence-electron chi connectivity index (χ2n) is 4.40. The van der Waals surface area contributed by atoms with Crippen molar-refractivity contribution in [3.63, 3.8) is 0 Å². The van der Waals surface area contributed by atoms with E-state index in [-0.39, 0.29) is 5.82 Å². The molecule has 0 radical (unpaired) electrons. The summed E-state index contributed by atoms with van der Waals surface area (Å²) >= 11 is 0. The van der Waals surface area contributed by atoms with Crippen LogP contribution in [0.4, 0.5) is 4.39 Å². The van der Waals surface area contributed by atoms with Crippen LogP contribution < -0.4 is 0 Å². The predicted octanol–water partition coefficient (Wildman–Crippen LogP) is 4.46. The average Bonchev–Trinajstić information content (AvgIpc) is 2.90. The van der Waals surface area contributed by atoms with Crippen LogP contribution in [-0.4, -0.2) is 4.98 Å². The summed E-state index contributed by atoms with van der Waals surface area (Å²) < 4.78 is 18.6. The van der Waals surface area contributed by atoms with Crippen LogP contribution in [0.5, 0.6) is 0 Å². The number of hydrogen-bond donors (Lipinski definition) is 0. The van der Waals surface area contributed by atoms with E-state index in [1.165, 1.54) is 17.7 Å². The van der Waals surface area contributed by atoms with Gasteiger partial charge in [-0.3, -0.25) is 0 Å². The Balaban J connectivity index is 1.95. The molecule has 1 heterocycles. The highest BCUT2D eigenvalue weighted by Crippen LogP contribution is 2.26. The SMILES string of the molecule is Cc1ccc(-c2ncc(-c3ccc(F)cc3)o2)cc1. The highest BCUT2D eigenvalue weighted by molar-refractivity contribution is 5.61. The van der Waals surface area contributed by atoms with Gasteiger partial charge in [0.05, 0.1) is 6.20 Å². The zero-order valence-electron chi connectivity index (χ0n) is 10.4. The standard InChI is InChI=1S/C16H12FNO/c1-11-2-4-13(5-3-11)16-18-10-15(19-16)12-6-8-14(17)9-7-12/h2-10H,1H3. The number of oxazole rings is 1. The third kappa shape index (κ3) is 2.40. The number of nitrogens with zero attached hydrogens (tertiary/aromatic N) is 1. The van der Waals surface area contributed by atoms with Crippen molar-refractivity contribution in [2.24, 2.45) is 0 Å². The van der Waals surface area contributed by atoms with Gasteiger partial charge in [-0.15, -0.1) is 0 Å². The summed E-state index contributed by atoms with van der Waals surface area (Å²) in [5, 5.41) is 0. The van der Waals surface area contributed by atoms with Gasteiger partial charge in [-0.1, -0.05) is 17.7 Å². The molecule has 19 heavy (non-hydrogen) atoms. The molecule has 1 aromatic heterocycles. The Bertz CT molecular complexity index is 624. The normalized spacial score (nSPS) is 10.6. The number of aromatic nitrogens is 1. The lowest BCUT2D eigenvalue weighted by Gasteiger charge is -1.97. The summed E-state index contributed by atoms with van der Waals surface area (Å²) in [6.07, 6.45) is 1.66. The van der Waals surface area contributed by atoms with E-state index in [2.05, 4.69) is 4.98 Å². The van der Waals surface area contributed by atoms with Gasteiger partial charge in [0, 0.05) is 11.1 Å². The molecule has 0 atom stereocenters. The lowest BCUT2D eigenvalue weighted by Crippen LogP contribution is -1.77. The molecule has 0 saturated carbocycles. The van der Waals surface area contributed by atoms with Crippen molar-refractivity contribution in [3.8, 4) is 22.8 Å². The molecule has 2 aromatic carbocycles. The molecule has 0 aliphatic rings. The zero-order valence-corrected chi connectivity index (χ0v) is 10.4. The third-order valence-corrected chi connectivity index (χ3v) is 2.93. The highest BCUT2D eigenvalue weighted by atomic mass is 19.1. The van der Waals surface area contributed by atoms with Gasteiger partial charge in [0.2, 0.25) is 5.89 Å². The fraction of sp³-hybridized carbons (Fsp3) is 0.0625. The Morgan fingerprint density at radius 1 is 0.895 bits per heavy atom. The topological polar surface area (TPSA) is 26.0 Å². The van der Waals surface area contributed by atoms with Crippen molar-refractivity contribution in [2.45, 2.75) is 6.92 Å². The second kappa shape index (κ2) is 4.69. The number of benzene rings is 2. The van der Waals surface area contributed by atoms with E-state index in [1.807, 2.05) is 31.2 Å². The average molecular weight is 253 g/mol. The minimum Gasteiger partial charge on any atom is -0.436 e. The maximum atomic E-state index is 12.9. The molecule has 0 saturated heterocycles. The molecule has 0 aliphatic heterocycles. The highest BCUT2D eigenvalue weighted by Gasteiger charge is 2.08. The van der Waals surface area contributed by atoms with Gasteiger partial charge in [0.1, 0.15) is 5.82 Å². The molecule has 3 aromatic rings. The molecule has 94 valence electrons. The first kappa shape index (κ1) is 11.7. The molecule has 0 spiro atoms. The van der Waals surface area contributed by atoms with Crippen molar-refractivity contribution in [1.82, 2.24) is 4.98 Å². The Labute approximate surface area is 110 Å². The van der Waals surface area contributed by atoms with Gasteiger partial charge in [-0.2, -0.15) is 0 Å². The summed E-state index contributed by atoms with van der Waals surface area (Å²) in [7, 11) is 0. The molecule has 0 aliphatic carbocycles. The van der Waals surface area contributed by atoms with E-state index in [0.717, 1.165) is 11.1 Å². The number of hydrogen-bond acceptors (Lipinski definition) is 2. The van der Waals surface area contributed by atoms with E-state index in [4.69, 9.17) is 4.42 Å². The van der Waals surface area contributed by atoms with Gasteiger partial charge >= 0.3 is 0 Å². The molecule has 0 N–H and O–H groups in total. The summed E-state index contributed by atoms with van der Waals surface area (Å²) in [5.74, 6) is 0.942. The minimum absolute atomic E-state index is 0.262. The van der Waals surface area contributed by atoms with Crippen molar-refractivity contribution >= 4 is 0 Å². The van der Waals surface area contributed by atoms with Gasteiger partial charge in [-0.25, -0.2) is 9.37 Å². The molecule has 0 fully saturated rings. The molecule has 0 amide bonds. The first-order chi connectivity index (χ1) is 9.22. The van der Waals surface area contributed by atoms with Crippen LogP contribution >= 0.6 is 0 Å². The first-order valence-corrected chi connectivity index (χ1v) is 6.01. The summed E-state index contributed by atoms with van der Waals surface area (Å²) in [5.41, 5.74) is 2.93. The van der Waals surface area contributed by atoms with Gasteiger partial charge in [0.25, 0.3) is 0 Å². The van der Waals surface area contributed by atoms with Crippen LogP contribution in [0.2, 0.25) is 0 Å². The number of aryl methyl sites for hydroxylation is 1. The molecule has 2 nitrogen and oxygen atoms in total. The largest absolute Gasteiger partial charge is 0.436 e. The second-order valence-corrected chi connectivity index (χ2v) is 4.40. The van der Waals surface area contributed by atoms with Crippen LogP contribution in [0.3, 0.4) is 0 Å². The zero-order chi connectivity index (χ0) is 13.2. The smallest absolute Gasteiger partial charge is 0.226 e. The summed E-state index contributed by atoms with van der Waals surface area (Å²) in [6, 6.07) is 14.1. The van der Waals surface area contributed by atoms with Crippen molar-refractivity contribution in [3.05, 3.63) is 66.1 Å². The predicted molar refractivity (Wildman–Crippen MR) is 72.1 cm³/mol. The quantitative estimate of drug-likeness (QED) is 0.674. The third-order valence-electron chi connectivity index (χ3n) is 2.93. The van der Waals surface area contributed by atoms with Crippen LogP contribution in [0, 0.1) is 12.7 Å². The van der Waals surface area contributed by atoms with Gasteiger partial charge < -0.3 is 4.42 Å². The Morgan fingerprint density at radius 2 is 1.53 bits per heavy atom. The van der Waals surface area contributed by atoms with Crippen molar-refractivity contribution in [1.29, 1.82) is 0 Å². The fourth-order valence-corrected chi connectivity index (χ4v) is 1.85. The van der Waals surface area contributed by atoms with E-state index in [1.54, 1.807) is 18.3 Å². The molecular formula is C16H12FNO. The van der Waals surface area contributed by atoms with Crippen LogP contribution in [0.15, 0.2) is 59.1 Å². The van der Waals surface area contributed by atoms with Crippen molar-refractivity contribution < 1.29 is 8.81 Å². The summed E-state index contributed by atoms with van der Waals surface area (Å²) in [4.78, 5) is 4.25. The van der Waals surface area contributed by atoms with Gasteiger partial charge in [0.15, 0.2) is 5.76 Å². The Morgan fingerprint density at radius 3 is 2.21 bits per heavy atom. The minimum atomic E-state index is -0.262.